The predicted octanol–water partition coefficient (Wildman–Crippen LogP) is 0.627. The molecule has 0 aliphatic carbocycles. The highest BCUT2D eigenvalue weighted by Crippen LogP contribution is 2.04. The SMILES string of the molecule is C#CCC(=O)NCC(CCC)C(=O)O. The molecule has 0 spiro atoms. The van der Waals surface area contributed by atoms with Gasteiger partial charge in [0.05, 0.1) is 12.3 Å². The fourth-order valence-corrected chi connectivity index (χ4v) is 1.05. The average Bonchev–Trinajstić information content (AvgIpc) is 2.12. The van der Waals surface area contributed by atoms with Crippen LogP contribution in [0.15, 0.2) is 0 Å². The second-order valence-electron chi connectivity index (χ2n) is 3.01. The van der Waals surface area contributed by atoms with Crippen molar-refractivity contribution in [2.75, 3.05) is 6.54 Å². The van der Waals surface area contributed by atoms with Crippen molar-refractivity contribution in [3.05, 3.63) is 0 Å². The molecule has 0 saturated heterocycles. The lowest BCUT2D eigenvalue weighted by atomic mass is 10.0. The fourth-order valence-electron chi connectivity index (χ4n) is 1.05. The summed E-state index contributed by atoms with van der Waals surface area (Å²) in [5, 5.41) is 11.2. The van der Waals surface area contributed by atoms with Crippen LogP contribution < -0.4 is 5.32 Å². The Balaban J connectivity index is 3.88. The van der Waals surface area contributed by atoms with E-state index in [-0.39, 0.29) is 18.9 Å². The van der Waals surface area contributed by atoms with E-state index in [1.807, 2.05) is 6.92 Å². The summed E-state index contributed by atoms with van der Waals surface area (Å²) in [6, 6.07) is 0. The van der Waals surface area contributed by atoms with Gasteiger partial charge in [-0.25, -0.2) is 0 Å². The quantitative estimate of drug-likeness (QED) is 0.614. The molecule has 0 aromatic heterocycles. The van der Waals surface area contributed by atoms with Crippen LogP contribution in [0.25, 0.3) is 0 Å². The number of hydrogen-bond donors (Lipinski definition) is 2. The molecule has 0 fully saturated rings. The minimum atomic E-state index is -0.882. The molecule has 0 rings (SSSR count). The van der Waals surface area contributed by atoms with Crippen LogP contribution in [0.5, 0.6) is 0 Å². The maximum Gasteiger partial charge on any atom is 0.308 e. The van der Waals surface area contributed by atoms with Gasteiger partial charge in [-0.15, -0.1) is 6.42 Å². The molecule has 1 atom stereocenters. The molecule has 14 heavy (non-hydrogen) atoms. The zero-order valence-corrected chi connectivity index (χ0v) is 8.25. The van der Waals surface area contributed by atoms with Gasteiger partial charge < -0.3 is 10.4 Å². The van der Waals surface area contributed by atoms with Gasteiger partial charge in [0, 0.05) is 6.54 Å². The molecular formula is C10H15NO3. The summed E-state index contributed by atoms with van der Waals surface area (Å²) in [4.78, 5) is 21.6. The normalized spacial score (nSPS) is 11.4. The molecule has 0 aliphatic rings. The highest BCUT2D eigenvalue weighted by atomic mass is 16.4. The maximum absolute atomic E-state index is 10.9. The third-order valence-corrected chi connectivity index (χ3v) is 1.79. The standard InChI is InChI=1S/C10H15NO3/c1-3-5-8(10(13)14)7-11-9(12)6-4-2/h2,8H,3,5-7H2,1H3,(H,11,12)(H,13,14). The molecule has 0 saturated carbocycles. The molecule has 0 aromatic rings. The molecule has 0 aliphatic heterocycles. The first kappa shape index (κ1) is 12.5. The molecule has 4 nitrogen and oxygen atoms in total. The Morgan fingerprint density at radius 1 is 1.57 bits per heavy atom. The summed E-state index contributed by atoms with van der Waals surface area (Å²) in [5.41, 5.74) is 0. The van der Waals surface area contributed by atoms with Crippen molar-refractivity contribution in [2.45, 2.75) is 26.2 Å². The first-order valence-corrected chi connectivity index (χ1v) is 4.54. The molecule has 2 N–H and O–H groups in total. The van der Waals surface area contributed by atoms with Crippen LogP contribution in [0.4, 0.5) is 0 Å². The number of carboxylic acids is 1. The predicted molar refractivity (Wildman–Crippen MR) is 52.5 cm³/mol. The molecule has 1 amide bonds. The molecule has 4 heteroatoms. The summed E-state index contributed by atoms with van der Waals surface area (Å²) in [6.07, 6.45) is 6.27. The van der Waals surface area contributed by atoms with Crippen molar-refractivity contribution in [3.63, 3.8) is 0 Å². The zero-order valence-electron chi connectivity index (χ0n) is 8.25. The Morgan fingerprint density at radius 3 is 2.64 bits per heavy atom. The maximum atomic E-state index is 10.9. The molecule has 0 aromatic carbocycles. The largest absolute Gasteiger partial charge is 0.481 e. The average molecular weight is 197 g/mol. The van der Waals surface area contributed by atoms with Crippen molar-refractivity contribution < 1.29 is 14.7 Å². The van der Waals surface area contributed by atoms with Gasteiger partial charge in [-0.1, -0.05) is 19.3 Å². The van der Waals surface area contributed by atoms with E-state index in [4.69, 9.17) is 11.5 Å². The second kappa shape index (κ2) is 6.96. The number of rotatable bonds is 6. The Labute approximate surface area is 83.7 Å². The summed E-state index contributed by atoms with van der Waals surface area (Å²) >= 11 is 0. The van der Waals surface area contributed by atoms with Gasteiger partial charge in [-0.2, -0.15) is 0 Å². The highest BCUT2D eigenvalue weighted by molar-refractivity contribution is 5.79. The van der Waals surface area contributed by atoms with Crippen LogP contribution in [0.1, 0.15) is 26.2 Å². The summed E-state index contributed by atoms with van der Waals surface area (Å²) in [6.45, 7) is 2.06. The van der Waals surface area contributed by atoms with E-state index in [0.717, 1.165) is 6.42 Å². The molecule has 0 bridgehead atoms. The Bertz CT molecular complexity index is 242. The number of carbonyl (C=O) groups is 2. The second-order valence-corrected chi connectivity index (χ2v) is 3.01. The van der Waals surface area contributed by atoms with Gasteiger partial charge >= 0.3 is 5.97 Å². The first-order valence-electron chi connectivity index (χ1n) is 4.54. The van der Waals surface area contributed by atoms with Crippen molar-refractivity contribution >= 4 is 11.9 Å². The summed E-state index contributed by atoms with van der Waals surface area (Å²) in [7, 11) is 0. The number of amides is 1. The third kappa shape index (κ3) is 5.20. The molecule has 0 heterocycles. The van der Waals surface area contributed by atoms with E-state index < -0.39 is 11.9 Å². The molecule has 78 valence electrons. The first-order chi connectivity index (χ1) is 6.61. The lowest BCUT2D eigenvalue weighted by molar-refractivity contribution is -0.141. The van der Waals surface area contributed by atoms with E-state index in [2.05, 4.69) is 11.2 Å². The topological polar surface area (TPSA) is 66.4 Å². The number of aliphatic carboxylic acids is 1. The monoisotopic (exact) mass is 197 g/mol. The van der Waals surface area contributed by atoms with Crippen LogP contribution in [0.3, 0.4) is 0 Å². The minimum Gasteiger partial charge on any atom is -0.481 e. The van der Waals surface area contributed by atoms with Crippen molar-refractivity contribution in [2.24, 2.45) is 5.92 Å². The van der Waals surface area contributed by atoms with Crippen molar-refractivity contribution in [3.8, 4) is 12.3 Å². The highest BCUT2D eigenvalue weighted by Gasteiger charge is 2.16. The smallest absolute Gasteiger partial charge is 0.308 e. The third-order valence-electron chi connectivity index (χ3n) is 1.79. The number of terminal acetylenes is 1. The lowest BCUT2D eigenvalue weighted by Gasteiger charge is -2.11. The molecule has 1 unspecified atom stereocenters. The van der Waals surface area contributed by atoms with Crippen LogP contribution >= 0.6 is 0 Å². The van der Waals surface area contributed by atoms with E-state index in [9.17, 15) is 9.59 Å². The van der Waals surface area contributed by atoms with Gasteiger partial charge in [0.15, 0.2) is 0 Å². The summed E-state index contributed by atoms with van der Waals surface area (Å²) in [5.74, 6) is 0.503. The lowest BCUT2D eigenvalue weighted by Crippen LogP contribution is -2.32. The van der Waals surface area contributed by atoms with Crippen LogP contribution in [0.2, 0.25) is 0 Å². The summed E-state index contributed by atoms with van der Waals surface area (Å²) < 4.78 is 0. The number of hydrogen-bond acceptors (Lipinski definition) is 2. The van der Waals surface area contributed by atoms with E-state index in [0.29, 0.717) is 6.42 Å². The Morgan fingerprint density at radius 2 is 2.21 bits per heavy atom. The number of carboxylic acid groups (broad SMARTS) is 1. The number of carbonyl (C=O) groups excluding carboxylic acids is 1. The van der Waals surface area contributed by atoms with E-state index in [1.54, 1.807) is 0 Å². The van der Waals surface area contributed by atoms with Gasteiger partial charge in [-0.05, 0) is 6.42 Å². The fraction of sp³-hybridized carbons (Fsp3) is 0.600. The van der Waals surface area contributed by atoms with Gasteiger partial charge in [0.1, 0.15) is 0 Å². The van der Waals surface area contributed by atoms with Gasteiger partial charge in [-0.3, -0.25) is 9.59 Å². The molecule has 0 radical (unpaired) electrons. The Kier molecular flexibility index (Phi) is 6.21. The Hall–Kier alpha value is -1.50. The van der Waals surface area contributed by atoms with Crippen molar-refractivity contribution in [1.82, 2.24) is 5.32 Å². The number of nitrogens with one attached hydrogen (secondary N) is 1. The van der Waals surface area contributed by atoms with E-state index in [1.165, 1.54) is 0 Å². The van der Waals surface area contributed by atoms with Gasteiger partial charge in [0.25, 0.3) is 0 Å². The van der Waals surface area contributed by atoms with Crippen LogP contribution in [0, 0.1) is 18.3 Å². The van der Waals surface area contributed by atoms with Crippen LogP contribution in [-0.4, -0.2) is 23.5 Å². The van der Waals surface area contributed by atoms with E-state index >= 15 is 0 Å². The van der Waals surface area contributed by atoms with Gasteiger partial charge in [0.2, 0.25) is 5.91 Å². The zero-order chi connectivity index (χ0) is 11.0. The van der Waals surface area contributed by atoms with Crippen LogP contribution in [-0.2, 0) is 9.59 Å². The minimum absolute atomic E-state index is 0.00152. The van der Waals surface area contributed by atoms with Crippen molar-refractivity contribution in [1.29, 1.82) is 0 Å². The molecular weight excluding hydrogens is 182 g/mol.